The molecule has 0 aliphatic rings. The molecule has 0 aliphatic carbocycles. The Morgan fingerprint density at radius 3 is 2.42 bits per heavy atom. The maximum Gasteiger partial charge on any atom is 0.149 e. The predicted octanol–water partition coefficient (Wildman–Crippen LogP) is 4.33. The van der Waals surface area contributed by atoms with Crippen molar-refractivity contribution in [3.8, 4) is 5.75 Å². The first-order valence-electron chi connectivity index (χ1n) is 5.50. The van der Waals surface area contributed by atoms with Crippen LogP contribution in [0, 0.1) is 5.82 Å². The number of rotatable bonds is 3. The monoisotopic (exact) mass is 344 g/mol. The van der Waals surface area contributed by atoms with Gasteiger partial charge in [-0.2, -0.15) is 0 Å². The summed E-state index contributed by atoms with van der Waals surface area (Å²) in [5.41, 5.74) is 0.705. The van der Waals surface area contributed by atoms with Crippen LogP contribution in [0.5, 0.6) is 5.75 Å². The molecule has 0 saturated carbocycles. The van der Waals surface area contributed by atoms with Gasteiger partial charge >= 0.3 is 0 Å². The molecule has 5 heteroatoms. The van der Waals surface area contributed by atoms with Crippen molar-refractivity contribution >= 4 is 27.5 Å². The lowest BCUT2D eigenvalue weighted by molar-refractivity contribution is 0.215. The number of aliphatic hydroxyl groups excluding tert-OH is 1. The lowest BCUT2D eigenvalue weighted by Gasteiger charge is -2.14. The SMILES string of the molecule is COc1ccc(C(O)c2ccc(Br)c(Cl)c2F)cc1. The summed E-state index contributed by atoms with van der Waals surface area (Å²) in [6.07, 6.45) is -1.07. The molecule has 19 heavy (non-hydrogen) atoms. The van der Waals surface area contributed by atoms with Crippen molar-refractivity contribution in [2.24, 2.45) is 0 Å². The molecule has 1 N–H and O–H groups in total. The Morgan fingerprint density at radius 2 is 1.84 bits per heavy atom. The van der Waals surface area contributed by atoms with Gasteiger partial charge in [0.1, 0.15) is 17.7 Å². The van der Waals surface area contributed by atoms with E-state index in [1.54, 1.807) is 37.4 Å². The highest BCUT2D eigenvalue weighted by molar-refractivity contribution is 9.10. The topological polar surface area (TPSA) is 29.5 Å². The largest absolute Gasteiger partial charge is 0.497 e. The highest BCUT2D eigenvalue weighted by Gasteiger charge is 2.18. The molecule has 100 valence electrons. The van der Waals surface area contributed by atoms with E-state index in [1.165, 1.54) is 6.07 Å². The minimum absolute atomic E-state index is 0.0370. The first-order chi connectivity index (χ1) is 9.04. The second kappa shape index (κ2) is 5.90. The fraction of sp³-hybridized carbons (Fsp3) is 0.143. The maximum absolute atomic E-state index is 14.0. The van der Waals surface area contributed by atoms with Gasteiger partial charge in [0.2, 0.25) is 0 Å². The zero-order valence-corrected chi connectivity index (χ0v) is 12.4. The molecule has 1 atom stereocenters. The molecule has 0 aromatic heterocycles. The average Bonchev–Trinajstić information content (AvgIpc) is 2.44. The van der Waals surface area contributed by atoms with E-state index in [0.717, 1.165) is 0 Å². The molecule has 2 aromatic rings. The van der Waals surface area contributed by atoms with Gasteiger partial charge in [-0.25, -0.2) is 4.39 Å². The number of aliphatic hydroxyl groups is 1. The summed E-state index contributed by atoms with van der Waals surface area (Å²) >= 11 is 8.94. The molecule has 0 saturated heterocycles. The van der Waals surface area contributed by atoms with Crippen molar-refractivity contribution < 1.29 is 14.2 Å². The summed E-state index contributed by atoms with van der Waals surface area (Å²) < 4.78 is 19.5. The molecule has 0 fully saturated rings. The molecular formula is C14H11BrClFO2. The Labute approximate surface area is 123 Å². The van der Waals surface area contributed by atoms with Crippen molar-refractivity contribution in [3.05, 3.63) is 62.8 Å². The number of hydrogen-bond acceptors (Lipinski definition) is 2. The van der Waals surface area contributed by atoms with E-state index >= 15 is 0 Å². The summed E-state index contributed by atoms with van der Waals surface area (Å²) in [5.74, 6) is 0.0459. The molecule has 0 amide bonds. The molecular weight excluding hydrogens is 335 g/mol. The third-order valence-electron chi connectivity index (χ3n) is 2.79. The maximum atomic E-state index is 14.0. The average molecular weight is 346 g/mol. The molecule has 0 heterocycles. The first-order valence-corrected chi connectivity index (χ1v) is 6.67. The Balaban J connectivity index is 2.38. The van der Waals surface area contributed by atoms with Gasteiger partial charge in [-0.1, -0.05) is 29.8 Å². The summed E-state index contributed by atoms with van der Waals surface area (Å²) in [5, 5.41) is 10.2. The quantitative estimate of drug-likeness (QED) is 0.839. The first kappa shape index (κ1) is 14.3. The van der Waals surface area contributed by atoms with Crippen LogP contribution in [0.2, 0.25) is 5.02 Å². The van der Waals surface area contributed by atoms with Crippen LogP contribution in [0.3, 0.4) is 0 Å². The summed E-state index contributed by atoms with van der Waals surface area (Å²) in [6, 6.07) is 9.87. The van der Waals surface area contributed by atoms with Crippen molar-refractivity contribution in [1.82, 2.24) is 0 Å². The highest BCUT2D eigenvalue weighted by atomic mass is 79.9. The third kappa shape index (κ3) is 2.91. The van der Waals surface area contributed by atoms with Gasteiger partial charge in [0.15, 0.2) is 0 Å². The Morgan fingerprint density at radius 1 is 1.21 bits per heavy atom. The smallest absolute Gasteiger partial charge is 0.149 e. The molecule has 0 aliphatic heterocycles. The van der Waals surface area contributed by atoms with Crippen LogP contribution in [-0.2, 0) is 0 Å². The minimum atomic E-state index is -1.07. The molecule has 2 aromatic carbocycles. The third-order valence-corrected chi connectivity index (χ3v) is 4.05. The van der Waals surface area contributed by atoms with E-state index in [0.29, 0.717) is 15.8 Å². The van der Waals surface area contributed by atoms with Gasteiger partial charge < -0.3 is 9.84 Å². The number of ether oxygens (including phenoxy) is 1. The van der Waals surface area contributed by atoms with E-state index in [2.05, 4.69) is 15.9 Å². The zero-order chi connectivity index (χ0) is 14.0. The molecule has 0 spiro atoms. The molecule has 2 rings (SSSR count). The summed E-state index contributed by atoms with van der Waals surface area (Å²) in [6.45, 7) is 0. The predicted molar refractivity (Wildman–Crippen MR) is 76.2 cm³/mol. The van der Waals surface area contributed by atoms with Crippen molar-refractivity contribution in [2.45, 2.75) is 6.10 Å². The fourth-order valence-corrected chi connectivity index (χ4v) is 2.20. The molecule has 0 radical (unpaired) electrons. The van der Waals surface area contributed by atoms with Gasteiger partial charge in [0.05, 0.1) is 12.1 Å². The Hall–Kier alpha value is -1.10. The van der Waals surface area contributed by atoms with Crippen LogP contribution in [0.4, 0.5) is 4.39 Å². The van der Waals surface area contributed by atoms with E-state index in [-0.39, 0.29) is 10.6 Å². The number of methoxy groups -OCH3 is 1. The highest BCUT2D eigenvalue weighted by Crippen LogP contribution is 2.33. The van der Waals surface area contributed by atoms with Gasteiger partial charge in [-0.3, -0.25) is 0 Å². The van der Waals surface area contributed by atoms with Crippen molar-refractivity contribution in [2.75, 3.05) is 7.11 Å². The second-order valence-electron chi connectivity index (χ2n) is 3.94. The van der Waals surface area contributed by atoms with Crippen molar-refractivity contribution in [1.29, 1.82) is 0 Å². The minimum Gasteiger partial charge on any atom is -0.497 e. The molecule has 1 unspecified atom stereocenters. The van der Waals surface area contributed by atoms with Crippen LogP contribution in [0.25, 0.3) is 0 Å². The van der Waals surface area contributed by atoms with Crippen LogP contribution in [0.1, 0.15) is 17.2 Å². The molecule has 0 bridgehead atoms. The fourth-order valence-electron chi connectivity index (χ4n) is 1.72. The van der Waals surface area contributed by atoms with Gasteiger partial charge in [-0.15, -0.1) is 0 Å². The van der Waals surface area contributed by atoms with Crippen LogP contribution < -0.4 is 4.74 Å². The van der Waals surface area contributed by atoms with E-state index in [4.69, 9.17) is 16.3 Å². The van der Waals surface area contributed by atoms with Gasteiger partial charge in [0.25, 0.3) is 0 Å². The van der Waals surface area contributed by atoms with Crippen LogP contribution >= 0.6 is 27.5 Å². The molecule has 2 nitrogen and oxygen atoms in total. The summed E-state index contributed by atoms with van der Waals surface area (Å²) in [7, 11) is 1.56. The van der Waals surface area contributed by atoms with Crippen LogP contribution in [-0.4, -0.2) is 12.2 Å². The van der Waals surface area contributed by atoms with E-state index in [1.807, 2.05) is 0 Å². The Kier molecular flexibility index (Phi) is 4.45. The lowest BCUT2D eigenvalue weighted by Crippen LogP contribution is -2.03. The Bertz CT molecular complexity index is 587. The van der Waals surface area contributed by atoms with Crippen molar-refractivity contribution in [3.63, 3.8) is 0 Å². The van der Waals surface area contributed by atoms with E-state index in [9.17, 15) is 9.50 Å². The zero-order valence-electron chi connectivity index (χ0n) is 10.0. The van der Waals surface area contributed by atoms with Gasteiger partial charge in [0, 0.05) is 10.0 Å². The number of benzene rings is 2. The lowest BCUT2D eigenvalue weighted by atomic mass is 10.0. The van der Waals surface area contributed by atoms with E-state index < -0.39 is 11.9 Å². The van der Waals surface area contributed by atoms with Gasteiger partial charge in [-0.05, 0) is 39.7 Å². The standard InChI is InChI=1S/C14H11BrClFO2/c1-19-9-4-2-8(3-5-9)14(18)10-6-7-11(15)12(16)13(10)17/h2-7,14,18H,1H3. The number of halogens is 3. The normalized spacial score (nSPS) is 12.3. The summed E-state index contributed by atoms with van der Waals surface area (Å²) in [4.78, 5) is 0. The van der Waals surface area contributed by atoms with Crippen LogP contribution in [0.15, 0.2) is 40.9 Å². The second-order valence-corrected chi connectivity index (χ2v) is 5.17. The number of hydrogen-bond donors (Lipinski definition) is 1.